The molecule has 1 amide bonds. The minimum absolute atomic E-state index is 0.0207. The van der Waals surface area contributed by atoms with Gasteiger partial charge >= 0.3 is 6.18 Å². The van der Waals surface area contributed by atoms with E-state index in [9.17, 15) is 18.0 Å². The van der Waals surface area contributed by atoms with Crippen LogP contribution in [0.15, 0.2) is 65.1 Å². The maximum Gasteiger partial charge on any atom is 0.416 e. The van der Waals surface area contributed by atoms with Crippen LogP contribution in [0, 0.1) is 25.7 Å². The number of likely N-dealkylation sites (tertiary alicyclic amines) is 1. The summed E-state index contributed by atoms with van der Waals surface area (Å²) >= 11 is 0. The molecule has 1 fully saturated rings. The van der Waals surface area contributed by atoms with Crippen LogP contribution < -0.4 is 0 Å². The minimum Gasteiger partial charge on any atom is -0.465 e. The number of halogens is 3. The zero-order chi connectivity index (χ0) is 26.7. The second-order valence-electron chi connectivity index (χ2n) is 10.7. The third-order valence-electron chi connectivity index (χ3n) is 6.96. The fourth-order valence-electron chi connectivity index (χ4n) is 5.23. The lowest BCUT2D eigenvalue weighted by molar-refractivity contribution is -0.137. The summed E-state index contributed by atoms with van der Waals surface area (Å²) in [6.07, 6.45) is -4.40. The number of furan rings is 1. The van der Waals surface area contributed by atoms with Gasteiger partial charge in [0.15, 0.2) is 0 Å². The fourth-order valence-corrected chi connectivity index (χ4v) is 5.23. The number of aryl methyl sites for hydroxylation is 2. The average Bonchev–Trinajstić information content (AvgIpc) is 3.43. The van der Waals surface area contributed by atoms with Crippen LogP contribution in [0.4, 0.5) is 13.2 Å². The molecule has 0 bridgehead atoms. The highest BCUT2D eigenvalue weighted by molar-refractivity contribution is 5.94. The van der Waals surface area contributed by atoms with Gasteiger partial charge in [-0.1, -0.05) is 49.7 Å². The second-order valence-corrected chi connectivity index (χ2v) is 10.7. The first kappa shape index (κ1) is 27.0. The molecule has 3 aromatic rings. The van der Waals surface area contributed by atoms with Gasteiger partial charge in [0, 0.05) is 37.7 Å². The normalized spacial score (nSPS) is 18.5. The molecule has 4 rings (SSSR count). The van der Waals surface area contributed by atoms with Gasteiger partial charge in [-0.3, -0.25) is 9.69 Å². The van der Waals surface area contributed by atoms with Gasteiger partial charge in [-0.15, -0.1) is 0 Å². The number of carbonyl (C=O) groups is 1. The Kier molecular flexibility index (Phi) is 8.12. The van der Waals surface area contributed by atoms with E-state index in [2.05, 4.69) is 18.7 Å². The number of hydrogen-bond acceptors (Lipinski definition) is 3. The lowest BCUT2D eigenvalue weighted by atomic mass is 9.87. The molecule has 0 unspecified atom stereocenters. The molecule has 1 aliphatic heterocycles. The molecule has 0 radical (unpaired) electrons. The summed E-state index contributed by atoms with van der Waals surface area (Å²) in [4.78, 5) is 17.6. The van der Waals surface area contributed by atoms with Crippen LogP contribution in [-0.4, -0.2) is 41.9 Å². The second kappa shape index (κ2) is 11.1. The molecule has 4 nitrogen and oxygen atoms in total. The Morgan fingerprint density at radius 3 is 2.41 bits per heavy atom. The van der Waals surface area contributed by atoms with Crippen molar-refractivity contribution >= 4 is 5.91 Å². The third-order valence-corrected chi connectivity index (χ3v) is 6.96. The average molecular weight is 513 g/mol. The molecule has 0 N–H and O–H groups in total. The van der Waals surface area contributed by atoms with Crippen molar-refractivity contribution in [1.29, 1.82) is 0 Å². The molecule has 0 saturated carbocycles. The number of carbonyl (C=O) groups excluding carboxylic acids is 1. The number of rotatable bonds is 8. The molecule has 2 heterocycles. The van der Waals surface area contributed by atoms with Gasteiger partial charge in [0.25, 0.3) is 5.91 Å². The van der Waals surface area contributed by atoms with Crippen LogP contribution in [-0.2, 0) is 12.7 Å². The van der Waals surface area contributed by atoms with Crippen molar-refractivity contribution in [3.63, 3.8) is 0 Å². The topological polar surface area (TPSA) is 36.7 Å². The molecular weight excluding hydrogens is 477 g/mol. The Morgan fingerprint density at radius 1 is 1.05 bits per heavy atom. The number of alkyl halides is 3. The van der Waals surface area contributed by atoms with E-state index in [0.29, 0.717) is 43.9 Å². The molecule has 37 heavy (non-hydrogen) atoms. The van der Waals surface area contributed by atoms with Crippen LogP contribution in [0.2, 0.25) is 0 Å². The smallest absolute Gasteiger partial charge is 0.416 e. The van der Waals surface area contributed by atoms with Crippen molar-refractivity contribution in [3.05, 3.63) is 94.4 Å². The van der Waals surface area contributed by atoms with Gasteiger partial charge < -0.3 is 9.32 Å². The molecule has 7 heteroatoms. The van der Waals surface area contributed by atoms with Gasteiger partial charge in [0.2, 0.25) is 0 Å². The van der Waals surface area contributed by atoms with Crippen molar-refractivity contribution in [2.24, 2.45) is 11.8 Å². The van der Waals surface area contributed by atoms with Crippen molar-refractivity contribution in [3.8, 4) is 0 Å². The standard InChI is InChI=1S/C30H35F3N2O2/c1-20(2)15-35(29(36)23-11-8-21(3)9-12-23)17-25-16-34(18-27-13-10-22(4)37-27)19-28(25)24-6-5-7-26(14-24)30(31,32)33/h5-14,20,25,28H,15-19H2,1-4H3/t25-,28-/m0/s1. The van der Waals surface area contributed by atoms with E-state index in [1.807, 2.05) is 55.1 Å². The third kappa shape index (κ3) is 6.83. The van der Waals surface area contributed by atoms with E-state index < -0.39 is 11.7 Å². The summed E-state index contributed by atoms with van der Waals surface area (Å²) in [5.74, 6) is 1.70. The van der Waals surface area contributed by atoms with Gasteiger partial charge in [0.1, 0.15) is 11.5 Å². The highest BCUT2D eigenvalue weighted by atomic mass is 19.4. The highest BCUT2D eigenvalue weighted by Gasteiger charge is 2.38. The van der Waals surface area contributed by atoms with Crippen LogP contribution in [0.3, 0.4) is 0 Å². The summed E-state index contributed by atoms with van der Waals surface area (Å²) in [7, 11) is 0. The molecule has 0 aliphatic carbocycles. The molecule has 1 saturated heterocycles. The van der Waals surface area contributed by atoms with E-state index in [4.69, 9.17) is 4.42 Å². The first-order valence-electron chi connectivity index (χ1n) is 12.8. The fraction of sp³-hybridized carbons (Fsp3) is 0.433. The molecule has 1 aromatic heterocycles. The number of nitrogens with zero attached hydrogens (tertiary/aromatic N) is 2. The molecule has 2 aromatic carbocycles. The zero-order valence-electron chi connectivity index (χ0n) is 21.9. The number of benzene rings is 2. The summed E-state index contributed by atoms with van der Waals surface area (Å²) in [6, 6.07) is 17.0. The maximum atomic E-state index is 13.5. The van der Waals surface area contributed by atoms with Crippen molar-refractivity contribution in [2.75, 3.05) is 26.2 Å². The molecule has 198 valence electrons. The number of hydrogen-bond donors (Lipinski definition) is 0. The van der Waals surface area contributed by atoms with Crippen LogP contribution in [0.25, 0.3) is 0 Å². The minimum atomic E-state index is -4.40. The van der Waals surface area contributed by atoms with E-state index >= 15 is 0 Å². The lowest BCUT2D eigenvalue weighted by Crippen LogP contribution is -2.39. The molecular formula is C30H35F3N2O2. The Labute approximate surface area is 217 Å². The van der Waals surface area contributed by atoms with Gasteiger partial charge in [-0.05, 0) is 61.6 Å². The van der Waals surface area contributed by atoms with Crippen LogP contribution in [0.5, 0.6) is 0 Å². The molecule has 1 aliphatic rings. The van der Waals surface area contributed by atoms with Gasteiger partial charge in [0.05, 0.1) is 12.1 Å². The first-order valence-corrected chi connectivity index (χ1v) is 12.8. The maximum absolute atomic E-state index is 13.5. The van der Waals surface area contributed by atoms with Gasteiger partial charge in [-0.2, -0.15) is 13.2 Å². The Bertz CT molecular complexity index is 1200. The number of amides is 1. The van der Waals surface area contributed by atoms with E-state index in [0.717, 1.165) is 23.2 Å². The highest BCUT2D eigenvalue weighted by Crippen LogP contribution is 2.37. The monoisotopic (exact) mass is 512 g/mol. The molecule has 0 spiro atoms. The van der Waals surface area contributed by atoms with Crippen LogP contribution in [0.1, 0.15) is 58.3 Å². The van der Waals surface area contributed by atoms with E-state index in [1.54, 1.807) is 6.07 Å². The summed E-state index contributed by atoms with van der Waals surface area (Å²) in [5, 5.41) is 0. The Balaban J connectivity index is 1.62. The van der Waals surface area contributed by atoms with E-state index in [-0.39, 0.29) is 23.7 Å². The van der Waals surface area contributed by atoms with Gasteiger partial charge in [-0.25, -0.2) is 0 Å². The summed E-state index contributed by atoms with van der Waals surface area (Å²) in [5.41, 5.74) is 1.72. The Hall–Kier alpha value is -3.06. The largest absolute Gasteiger partial charge is 0.465 e. The predicted molar refractivity (Wildman–Crippen MR) is 138 cm³/mol. The van der Waals surface area contributed by atoms with Crippen molar-refractivity contribution < 1.29 is 22.4 Å². The lowest BCUT2D eigenvalue weighted by Gasteiger charge is -2.30. The zero-order valence-corrected chi connectivity index (χ0v) is 21.9. The SMILES string of the molecule is Cc1ccc(C(=O)N(CC(C)C)C[C@@H]2CN(Cc3ccc(C)o3)C[C@H]2c2cccc(C(F)(F)F)c2)cc1. The molecule has 2 atom stereocenters. The Morgan fingerprint density at radius 2 is 1.78 bits per heavy atom. The van der Waals surface area contributed by atoms with E-state index in [1.165, 1.54) is 12.1 Å². The summed E-state index contributed by atoms with van der Waals surface area (Å²) in [6.45, 7) is 10.9. The predicted octanol–water partition coefficient (Wildman–Crippen LogP) is 6.93. The summed E-state index contributed by atoms with van der Waals surface area (Å²) < 4.78 is 46.3. The van der Waals surface area contributed by atoms with Crippen molar-refractivity contribution in [1.82, 2.24) is 9.80 Å². The quantitative estimate of drug-likeness (QED) is 0.328. The van der Waals surface area contributed by atoms with Crippen LogP contribution >= 0.6 is 0 Å². The van der Waals surface area contributed by atoms with Crippen molar-refractivity contribution in [2.45, 2.75) is 46.3 Å². The first-order chi connectivity index (χ1) is 17.5.